The largest absolute Gasteiger partial charge is 0.371 e. The Morgan fingerprint density at radius 3 is 2.51 bits per heavy atom. The van der Waals surface area contributed by atoms with Crippen molar-refractivity contribution in [3.63, 3.8) is 0 Å². The van der Waals surface area contributed by atoms with E-state index in [9.17, 15) is 4.79 Å². The van der Waals surface area contributed by atoms with Crippen molar-refractivity contribution in [2.75, 3.05) is 50.1 Å². The Bertz CT molecular complexity index is 1140. The van der Waals surface area contributed by atoms with Crippen molar-refractivity contribution in [1.29, 1.82) is 0 Å². The molecule has 0 spiro atoms. The lowest BCUT2D eigenvalue weighted by Crippen LogP contribution is -2.39. The van der Waals surface area contributed by atoms with Gasteiger partial charge in [-0.1, -0.05) is 25.1 Å². The zero-order valence-corrected chi connectivity index (χ0v) is 23.3. The Balaban J connectivity index is 1.47. The number of hydrogen-bond donors (Lipinski definition) is 0. The van der Waals surface area contributed by atoms with E-state index in [0.717, 1.165) is 50.7 Å². The van der Waals surface area contributed by atoms with Gasteiger partial charge in [0.05, 0.1) is 5.69 Å². The third-order valence-corrected chi connectivity index (χ3v) is 8.07. The molecule has 3 heterocycles. The summed E-state index contributed by atoms with van der Waals surface area (Å²) in [5, 5.41) is 0. The fourth-order valence-corrected chi connectivity index (χ4v) is 5.67. The molecule has 0 bridgehead atoms. The highest BCUT2D eigenvalue weighted by atomic mass is 16.1. The van der Waals surface area contributed by atoms with Crippen molar-refractivity contribution in [2.45, 2.75) is 63.8 Å². The molecule has 7 nitrogen and oxygen atoms in total. The average Bonchev–Trinajstić information content (AvgIpc) is 3.17. The van der Waals surface area contributed by atoms with Crippen LogP contribution >= 0.6 is 0 Å². The fraction of sp³-hybridized carbons (Fsp3) is 0.567. The molecule has 0 radical (unpaired) electrons. The van der Waals surface area contributed by atoms with Crippen LogP contribution in [0.15, 0.2) is 52.4 Å². The van der Waals surface area contributed by atoms with Gasteiger partial charge >= 0.3 is 0 Å². The van der Waals surface area contributed by atoms with Crippen LogP contribution in [-0.2, 0) is 7.05 Å². The van der Waals surface area contributed by atoms with E-state index in [1.807, 2.05) is 20.0 Å². The highest BCUT2D eigenvalue weighted by Gasteiger charge is 2.25. The van der Waals surface area contributed by atoms with Crippen molar-refractivity contribution in [3.05, 3.63) is 64.2 Å². The van der Waals surface area contributed by atoms with Crippen LogP contribution in [0.25, 0.3) is 0 Å². The number of piperidine rings is 1. The molecule has 0 aliphatic carbocycles. The van der Waals surface area contributed by atoms with Crippen molar-refractivity contribution < 1.29 is 0 Å². The second-order valence-corrected chi connectivity index (χ2v) is 10.8. The zero-order valence-electron chi connectivity index (χ0n) is 23.3. The smallest absolute Gasteiger partial charge is 0.254 e. The second-order valence-electron chi connectivity index (χ2n) is 10.8. The highest BCUT2D eigenvalue weighted by Crippen LogP contribution is 2.31. The molecule has 0 amide bonds. The molecule has 7 heteroatoms. The monoisotopic (exact) mass is 504 g/mol. The van der Waals surface area contributed by atoms with Gasteiger partial charge in [-0.15, -0.1) is 0 Å². The topological polar surface area (TPSA) is 57.0 Å². The molecule has 1 aromatic carbocycles. The SMILES string of the molecule is CC=N/C=C\C(C)c1cc(=O)n(C)c(N2CCCC(c3ccc(N4CCCC(N(C)C)CC4)cc3)C2)n1. The van der Waals surface area contributed by atoms with Crippen LogP contribution in [-0.4, -0.2) is 67.0 Å². The number of hydrogen-bond acceptors (Lipinski definition) is 6. The summed E-state index contributed by atoms with van der Waals surface area (Å²) in [5.41, 5.74) is 3.49. The molecule has 4 rings (SSSR count). The van der Waals surface area contributed by atoms with Gasteiger partial charge in [0.25, 0.3) is 5.56 Å². The van der Waals surface area contributed by atoms with Crippen LogP contribution in [0.2, 0.25) is 0 Å². The first-order valence-corrected chi connectivity index (χ1v) is 13.9. The molecular weight excluding hydrogens is 460 g/mol. The van der Waals surface area contributed by atoms with Crippen LogP contribution in [0.4, 0.5) is 11.6 Å². The summed E-state index contributed by atoms with van der Waals surface area (Å²) in [6, 6.07) is 11.6. The molecule has 37 heavy (non-hydrogen) atoms. The minimum atomic E-state index is -0.0142. The number of aromatic nitrogens is 2. The fourth-order valence-electron chi connectivity index (χ4n) is 5.67. The van der Waals surface area contributed by atoms with Crippen LogP contribution < -0.4 is 15.4 Å². The third-order valence-electron chi connectivity index (χ3n) is 8.07. The summed E-state index contributed by atoms with van der Waals surface area (Å²) in [4.78, 5) is 29.1. The van der Waals surface area contributed by atoms with Gasteiger partial charge in [-0.25, -0.2) is 4.98 Å². The molecular formula is C30H44N6O. The van der Waals surface area contributed by atoms with Gasteiger partial charge in [0.1, 0.15) is 0 Å². The minimum absolute atomic E-state index is 0.0142. The van der Waals surface area contributed by atoms with Gasteiger partial charge in [-0.3, -0.25) is 14.4 Å². The van der Waals surface area contributed by atoms with Gasteiger partial charge in [-0.2, -0.15) is 0 Å². The zero-order chi connectivity index (χ0) is 26.4. The van der Waals surface area contributed by atoms with E-state index in [1.165, 1.54) is 30.5 Å². The summed E-state index contributed by atoms with van der Waals surface area (Å²) < 4.78 is 1.69. The predicted octanol–water partition coefficient (Wildman–Crippen LogP) is 4.79. The van der Waals surface area contributed by atoms with E-state index in [2.05, 4.69) is 65.0 Å². The Labute approximate surface area is 222 Å². The molecule has 2 saturated heterocycles. The lowest BCUT2D eigenvalue weighted by molar-refractivity contribution is 0.272. The molecule has 0 saturated carbocycles. The van der Waals surface area contributed by atoms with Crippen molar-refractivity contribution in [3.8, 4) is 0 Å². The van der Waals surface area contributed by atoms with E-state index < -0.39 is 0 Å². The number of allylic oxidation sites excluding steroid dienone is 1. The number of nitrogens with zero attached hydrogens (tertiary/aromatic N) is 6. The normalized spacial score (nSPS) is 22.2. The van der Waals surface area contributed by atoms with Crippen LogP contribution in [0.1, 0.15) is 69.0 Å². The number of benzene rings is 1. The van der Waals surface area contributed by atoms with Crippen LogP contribution in [0.5, 0.6) is 0 Å². The molecule has 0 N–H and O–H groups in total. The number of aliphatic imine (C=N–C) groups is 1. The molecule has 3 unspecified atom stereocenters. The Morgan fingerprint density at radius 1 is 1.05 bits per heavy atom. The molecule has 1 aromatic heterocycles. The Kier molecular flexibility index (Phi) is 9.19. The summed E-state index contributed by atoms with van der Waals surface area (Å²) in [6.45, 7) is 7.99. The van der Waals surface area contributed by atoms with Crippen molar-refractivity contribution in [1.82, 2.24) is 14.5 Å². The van der Waals surface area contributed by atoms with E-state index in [-0.39, 0.29) is 11.5 Å². The van der Waals surface area contributed by atoms with Crippen LogP contribution in [0, 0.1) is 0 Å². The predicted molar refractivity (Wildman–Crippen MR) is 155 cm³/mol. The highest BCUT2D eigenvalue weighted by molar-refractivity contribution is 5.54. The third kappa shape index (κ3) is 6.69. The molecule has 3 atom stereocenters. The maximum absolute atomic E-state index is 12.8. The first-order valence-electron chi connectivity index (χ1n) is 13.9. The minimum Gasteiger partial charge on any atom is -0.371 e. The Hall–Kier alpha value is -2.93. The maximum Gasteiger partial charge on any atom is 0.254 e. The summed E-state index contributed by atoms with van der Waals surface area (Å²) >= 11 is 0. The van der Waals surface area contributed by atoms with Crippen molar-refractivity contribution >= 4 is 17.9 Å². The van der Waals surface area contributed by atoms with E-state index in [0.29, 0.717) is 12.0 Å². The molecule has 2 aliphatic rings. The quantitative estimate of drug-likeness (QED) is 0.508. The summed E-state index contributed by atoms with van der Waals surface area (Å²) in [5.74, 6) is 1.22. The van der Waals surface area contributed by atoms with Gasteiger partial charge in [-0.05, 0) is 70.8 Å². The van der Waals surface area contributed by atoms with Gasteiger partial charge in [0, 0.05) is 75.3 Å². The number of rotatable bonds is 7. The standard InChI is InChI=1S/C30H44N6O/c1-6-31-17-15-23(2)28-21-29(37)34(5)30(32-28)36-19-7-9-25(22-36)24-11-13-27(14-12-24)35-18-8-10-26(16-20-35)33(3)4/h6,11-15,17,21,23,25-26H,7-10,16,18-20,22H2,1-5H3/b17-15-,31-6?. The van der Waals surface area contributed by atoms with E-state index in [1.54, 1.807) is 23.0 Å². The van der Waals surface area contributed by atoms with Gasteiger partial charge in [0.15, 0.2) is 0 Å². The van der Waals surface area contributed by atoms with E-state index >= 15 is 0 Å². The molecule has 2 aromatic rings. The van der Waals surface area contributed by atoms with Gasteiger partial charge < -0.3 is 14.7 Å². The number of anilines is 2. The van der Waals surface area contributed by atoms with Gasteiger partial charge in [0.2, 0.25) is 5.95 Å². The van der Waals surface area contributed by atoms with Crippen LogP contribution in [0.3, 0.4) is 0 Å². The van der Waals surface area contributed by atoms with E-state index in [4.69, 9.17) is 4.98 Å². The molecule has 2 fully saturated rings. The lowest BCUT2D eigenvalue weighted by atomic mass is 9.90. The first-order chi connectivity index (χ1) is 17.9. The summed E-state index contributed by atoms with van der Waals surface area (Å²) in [6.07, 6.45) is 11.5. The lowest BCUT2D eigenvalue weighted by Gasteiger charge is -2.35. The van der Waals surface area contributed by atoms with Crippen molar-refractivity contribution in [2.24, 2.45) is 12.0 Å². The first kappa shape index (κ1) is 27.1. The Morgan fingerprint density at radius 2 is 1.78 bits per heavy atom. The average molecular weight is 505 g/mol. The maximum atomic E-state index is 12.8. The second kappa shape index (κ2) is 12.5. The summed E-state index contributed by atoms with van der Waals surface area (Å²) in [7, 11) is 6.23. The molecule has 2 aliphatic heterocycles. The molecule has 200 valence electrons.